The van der Waals surface area contributed by atoms with Gasteiger partial charge in [-0.2, -0.15) is 0 Å². The SMILES string of the molecule is COC(=O)c1ccc(N2CCC3(CC2)OCCO3)nn1. The van der Waals surface area contributed by atoms with Crippen LogP contribution in [0.5, 0.6) is 0 Å². The summed E-state index contributed by atoms with van der Waals surface area (Å²) in [6.07, 6.45) is 1.63. The number of ether oxygens (including phenoxy) is 3. The summed E-state index contributed by atoms with van der Waals surface area (Å²) < 4.78 is 16.0. The van der Waals surface area contributed by atoms with Crippen LogP contribution in [0, 0.1) is 0 Å². The molecular formula is C13H17N3O4. The maximum atomic E-state index is 11.3. The number of hydrogen-bond acceptors (Lipinski definition) is 7. The number of aromatic nitrogens is 2. The Bertz CT molecular complexity index is 475. The van der Waals surface area contributed by atoms with Crippen LogP contribution in [0.25, 0.3) is 0 Å². The highest BCUT2D eigenvalue weighted by atomic mass is 16.7. The zero-order valence-corrected chi connectivity index (χ0v) is 11.4. The molecule has 3 heterocycles. The summed E-state index contributed by atoms with van der Waals surface area (Å²) in [5, 5.41) is 7.96. The van der Waals surface area contributed by atoms with Crippen LogP contribution >= 0.6 is 0 Å². The molecule has 0 N–H and O–H groups in total. The molecule has 0 atom stereocenters. The van der Waals surface area contributed by atoms with Gasteiger partial charge >= 0.3 is 5.97 Å². The Morgan fingerprint density at radius 2 is 1.95 bits per heavy atom. The first-order valence-electron chi connectivity index (χ1n) is 6.67. The van der Waals surface area contributed by atoms with Crippen LogP contribution in [0.4, 0.5) is 5.82 Å². The van der Waals surface area contributed by atoms with E-state index in [0.29, 0.717) is 13.2 Å². The van der Waals surface area contributed by atoms with Gasteiger partial charge in [-0.25, -0.2) is 4.79 Å². The van der Waals surface area contributed by atoms with Crippen LogP contribution in [-0.2, 0) is 14.2 Å². The number of nitrogens with zero attached hydrogens (tertiary/aromatic N) is 3. The highest BCUT2D eigenvalue weighted by Crippen LogP contribution is 2.32. The third kappa shape index (κ3) is 2.46. The van der Waals surface area contributed by atoms with Crippen molar-refractivity contribution in [2.24, 2.45) is 0 Å². The second-order valence-electron chi connectivity index (χ2n) is 4.86. The van der Waals surface area contributed by atoms with E-state index in [-0.39, 0.29) is 5.69 Å². The topological polar surface area (TPSA) is 73.8 Å². The number of anilines is 1. The first-order chi connectivity index (χ1) is 9.72. The van der Waals surface area contributed by atoms with E-state index < -0.39 is 11.8 Å². The van der Waals surface area contributed by atoms with Gasteiger partial charge in [0.2, 0.25) is 0 Å². The Morgan fingerprint density at radius 3 is 2.50 bits per heavy atom. The quantitative estimate of drug-likeness (QED) is 0.734. The molecular weight excluding hydrogens is 262 g/mol. The number of rotatable bonds is 2. The minimum absolute atomic E-state index is 0.215. The summed E-state index contributed by atoms with van der Waals surface area (Å²) in [4.78, 5) is 13.4. The summed E-state index contributed by atoms with van der Waals surface area (Å²) in [7, 11) is 1.32. The fraction of sp³-hybridized carbons (Fsp3) is 0.615. The Balaban J connectivity index is 1.64. The number of carbonyl (C=O) groups excluding carboxylic acids is 1. The van der Waals surface area contributed by atoms with E-state index in [1.54, 1.807) is 12.1 Å². The van der Waals surface area contributed by atoms with Crippen LogP contribution in [0.15, 0.2) is 12.1 Å². The first-order valence-corrected chi connectivity index (χ1v) is 6.67. The molecule has 0 bridgehead atoms. The van der Waals surface area contributed by atoms with Crippen molar-refractivity contribution < 1.29 is 19.0 Å². The van der Waals surface area contributed by atoms with E-state index in [1.165, 1.54) is 7.11 Å². The molecule has 0 amide bonds. The largest absolute Gasteiger partial charge is 0.464 e. The zero-order valence-electron chi connectivity index (χ0n) is 11.4. The Kier molecular flexibility index (Phi) is 3.54. The smallest absolute Gasteiger partial charge is 0.358 e. The van der Waals surface area contributed by atoms with Crippen molar-refractivity contribution in [3.05, 3.63) is 17.8 Å². The Hall–Kier alpha value is -1.73. The van der Waals surface area contributed by atoms with E-state index in [9.17, 15) is 4.79 Å². The summed E-state index contributed by atoms with van der Waals surface area (Å²) in [6.45, 7) is 2.94. The highest BCUT2D eigenvalue weighted by Gasteiger charge is 2.40. The highest BCUT2D eigenvalue weighted by molar-refractivity contribution is 5.86. The van der Waals surface area contributed by atoms with Crippen LogP contribution in [0.2, 0.25) is 0 Å². The van der Waals surface area contributed by atoms with Crippen molar-refractivity contribution in [2.75, 3.05) is 38.3 Å². The van der Waals surface area contributed by atoms with Gasteiger partial charge in [0.05, 0.1) is 20.3 Å². The predicted octanol–water partition coefficient (Wildman–Crippen LogP) is 0.606. The van der Waals surface area contributed by atoms with E-state index >= 15 is 0 Å². The van der Waals surface area contributed by atoms with Gasteiger partial charge in [-0.3, -0.25) is 0 Å². The minimum Gasteiger partial charge on any atom is -0.464 e. The molecule has 1 aromatic heterocycles. The van der Waals surface area contributed by atoms with Gasteiger partial charge in [0, 0.05) is 25.9 Å². The number of piperidine rings is 1. The lowest BCUT2D eigenvalue weighted by Crippen LogP contribution is -2.45. The van der Waals surface area contributed by atoms with Crippen molar-refractivity contribution in [3.8, 4) is 0 Å². The molecule has 2 fully saturated rings. The monoisotopic (exact) mass is 279 g/mol. The summed E-state index contributed by atoms with van der Waals surface area (Å²) in [5.41, 5.74) is 0.215. The van der Waals surface area contributed by atoms with Gasteiger partial charge < -0.3 is 19.1 Å². The van der Waals surface area contributed by atoms with Gasteiger partial charge in [-0.15, -0.1) is 10.2 Å². The average Bonchev–Trinajstić information content (AvgIpc) is 2.96. The standard InChI is InChI=1S/C13H17N3O4/c1-18-12(17)10-2-3-11(15-14-10)16-6-4-13(5-7-16)19-8-9-20-13/h2-3H,4-9H2,1H3. The minimum atomic E-state index is -0.477. The van der Waals surface area contributed by atoms with E-state index in [0.717, 1.165) is 31.7 Å². The molecule has 0 aliphatic carbocycles. The second-order valence-corrected chi connectivity index (χ2v) is 4.86. The Labute approximate surface area is 116 Å². The lowest BCUT2D eigenvalue weighted by molar-refractivity contribution is -0.169. The van der Waals surface area contributed by atoms with Gasteiger partial charge in [0.15, 0.2) is 17.3 Å². The lowest BCUT2D eigenvalue weighted by Gasteiger charge is -2.37. The Morgan fingerprint density at radius 1 is 1.25 bits per heavy atom. The van der Waals surface area contributed by atoms with Crippen molar-refractivity contribution in [1.82, 2.24) is 10.2 Å². The molecule has 20 heavy (non-hydrogen) atoms. The molecule has 108 valence electrons. The molecule has 0 saturated carbocycles. The predicted molar refractivity (Wildman–Crippen MR) is 69.5 cm³/mol. The third-order valence-corrected chi connectivity index (χ3v) is 3.71. The average molecular weight is 279 g/mol. The van der Waals surface area contributed by atoms with Crippen LogP contribution < -0.4 is 4.90 Å². The molecule has 2 aliphatic heterocycles. The normalized spacial score (nSPS) is 21.1. The summed E-state index contributed by atoms with van der Waals surface area (Å²) in [6, 6.07) is 3.41. The number of carbonyl (C=O) groups is 1. The van der Waals surface area contributed by atoms with Crippen molar-refractivity contribution in [2.45, 2.75) is 18.6 Å². The van der Waals surface area contributed by atoms with Crippen molar-refractivity contribution >= 4 is 11.8 Å². The van der Waals surface area contributed by atoms with Gasteiger partial charge in [-0.1, -0.05) is 0 Å². The molecule has 0 aromatic carbocycles. The molecule has 7 nitrogen and oxygen atoms in total. The van der Waals surface area contributed by atoms with Crippen LogP contribution in [0.1, 0.15) is 23.3 Å². The number of hydrogen-bond donors (Lipinski definition) is 0. The molecule has 1 spiro atoms. The first kappa shape index (κ1) is 13.3. The number of methoxy groups -OCH3 is 1. The molecule has 2 aliphatic rings. The number of esters is 1. The molecule has 1 aromatic rings. The molecule has 7 heteroatoms. The second kappa shape index (κ2) is 5.34. The van der Waals surface area contributed by atoms with E-state index in [1.807, 2.05) is 0 Å². The van der Waals surface area contributed by atoms with Crippen LogP contribution in [0.3, 0.4) is 0 Å². The fourth-order valence-electron chi connectivity index (χ4n) is 2.57. The van der Waals surface area contributed by atoms with E-state index in [4.69, 9.17) is 9.47 Å². The lowest BCUT2D eigenvalue weighted by atomic mass is 10.0. The van der Waals surface area contributed by atoms with Gasteiger partial charge in [-0.05, 0) is 12.1 Å². The third-order valence-electron chi connectivity index (χ3n) is 3.71. The fourth-order valence-corrected chi connectivity index (χ4v) is 2.57. The molecule has 0 unspecified atom stereocenters. The summed E-state index contributed by atoms with van der Waals surface area (Å²) in [5.74, 6) is -0.115. The zero-order chi connectivity index (χ0) is 14.0. The molecule has 2 saturated heterocycles. The van der Waals surface area contributed by atoms with Crippen LogP contribution in [-0.4, -0.2) is 55.4 Å². The van der Waals surface area contributed by atoms with Gasteiger partial charge in [0.25, 0.3) is 0 Å². The van der Waals surface area contributed by atoms with Crippen molar-refractivity contribution in [1.29, 1.82) is 0 Å². The maximum absolute atomic E-state index is 11.3. The molecule has 3 rings (SSSR count). The maximum Gasteiger partial charge on any atom is 0.358 e. The van der Waals surface area contributed by atoms with Gasteiger partial charge in [0.1, 0.15) is 0 Å². The summed E-state index contributed by atoms with van der Waals surface area (Å²) >= 11 is 0. The van der Waals surface area contributed by atoms with E-state index in [2.05, 4.69) is 19.8 Å². The van der Waals surface area contributed by atoms with Crippen molar-refractivity contribution in [3.63, 3.8) is 0 Å². The molecule has 0 radical (unpaired) electrons.